The Morgan fingerprint density at radius 3 is 2.81 bits per heavy atom. The van der Waals surface area contributed by atoms with Crippen molar-refractivity contribution < 1.29 is 4.74 Å². The zero-order valence-corrected chi connectivity index (χ0v) is 14.0. The van der Waals surface area contributed by atoms with Gasteiger partial charge in [0.25, 0.3) is 0 Å². The highest BCUT2D eigenvalue weighted by Gasteiger charge is 2.15. The predicted octanol–water partition coefficient (Wildman–Crippen LogP) is 3.52. The first-order valence-corrected chi connectivity index (χ1v) is 8.54. The lowest BCUT2D eigenvalue weighted by atomic mass is 9.70. The minimum atomic E-state index is 0.235. The summed E-state index contributed by atoms with van der Waals surface area (Å²) in [6.07, 6.45) is 14.7. The molecule has 2 rings (SSSR count). The Labute approximate surface area is 131 Å². The van der Waals surface area contributed by atoms with Crippen LogP contribution in [-0.4, -0.2) is 45.5 Å². The third-order valence-electron chi connectivity index (χ3n) is 4.78. The SMILES string of the molecule is CBC1=C/C2=C(/CCN(C)CCCCC2)CC(OC)\C=C\1. The molecule has 1 atom stereocenters. The van der Waals surface area contributed by atoms with Gasteiger partial charge in [-0.3, -0.25) is 0 Å². The fourth-order valence-corrected chi connectivity index (χ4v) is 3.25. The Hall–Kier alpha value is -0.795. The van der Waals surface area contributed by atoms with Gasteiger partial charge >= 0.3 is 0 Å². The van der Waals surface area contributed by atoms with Gasteiger partial charge in [0.05, 0.1) is 6.10 Å². The maximum absolute atomic E-state index is 5.66. The van der Waals surface area contributed by atoms with Gasteiger partial charge in [0.2, 0.25) is 0 Å². The lowest BCUT2D eigenvalue weighted by Gasteiger charge is -2.24. The molecule has 21 heavy (non-hydrogen) atoms. The van der Waals surface area contributed by atoms with Crippen molar-refractivity contribution in [2.45, 2.75) is 51.5 Å². The third kappa shape index (κ3) is 5.16. The van der Waals surface area contributed by atoms with Gasteiger partial charge < -0.3 is 9.64 Å². The molecule has 1 aliphatic carbocycles. The molecule has 0 saturated heterocycles. The van der Waals surface area contributed by atoms with Gasteiger partial charge in [-0.2, -0.15) is 0 Å². The minimum absolute atomic E-state index is 0.235. The number of ether oxygens (including phenoxy) is 1. The maximum Gasteiger partial charge on any atom is 0.154 e. The summed E-state index contributed by atoms with van der Waals surface area (Å²) in [6.45, 7) is 4.66. The number of hydrogen-bond acceptors (Lipinski definition) is 2. The van der Waals surface area contributed by atoms with E-state index < -0.39 is 0 Å². The van der Waals surface area contributed by atoms with Crippen LogP contribution in [0.1, 0.15) is 38.5 Å². The zero-order chi connectivity index (χ0) is 15.1. The van der Waals surface area contributed by atoms with E-state index in [0.29, 0.717) is 0 Å². The first kappa shape index (κ1) is 16.6. The quantitative estimate of drug-likeness (QED) is 0.720. The molecule has 0 aromatic heterocycles. The number of rotatable bonds is 2. The molecule has 0 amide bonds. The van der Waals surface area contributed by atoms with Gasteiger partial charge in [0.15, 0.2) is 7.28 Å². The smallest absolute Gasteiger partial charge is 0.154 e. The summed E-state index contributed by atoms with van der Waals surface area (Å²) in [4.78, 5) is 2.48. The molecule has 1 heterocycles. The average Bonchev–Trinajstić information content (AvgIpc) is 2.48. The van der Waals surface area contributed by atoms with Crippen molar-refractivity contribution in [1.29, 1.82) is 0 Å². The van der Waals surface area contributed by atoms with Crippen molar-refractivity contribution >= 4 is 7.28 Å². The van der Waals surface area contributed by atoms with E-state index in [1.54, 1.807) is 11.1 Å². The summed E-state index contributed by atoms with van der Waals surface area (Å²) in [5, 5.41) is 0. The summed E-state index contributed by atoms with van der Waals surface area (Å²) < 4.78 is 5.66. The normalized spacial score (nSPS) is 33.1. The molecule has 116 valence electrons. The molecule has 0 aromatic rings. The van der Waals surface area contributed by atoms with Crippen LogP contribution in [0.25, 0.3) is 0 Å². The largest absolute Gasteiger partial charge is 0.377 e. The summed E-state index contributed by atoms with van der Waals surface area (Å²) >= 11 is 0. The van der Waals surface area contributed by atoms with E-state index in [-0.39, 0.29) is 6.10 Å². The maximum atomic E-state index is 5.66. The summed E-state index contributed by atoms with van der Waals surface area (Å²) in [7, 11) is 5.19. The topological polar surface area (TPSA) is 12.5 Å². The summed E-state index contributed by atoms with van der Waals surface area (Å²) in [5.41, 5.74) is 4.65. The Morgan fingerprint density at radius 2 is 2.05 bits per heavy atom. The molecule has 0 N–H and O–H groups in total. The predicted molar refractivity (Wildman–Crippen MR) is 93.3 cm³/mol. The average molecular weight is 287 g/mol. The Balaban J connectivity index is 2.28. The molecule has 1 unspecified atom stereocenters. The molecule has 1 aliphatic heterocycles. The van der Waals surface area contributed by atoms with Crippen molar-refractivity contribution in [2.24, 2.45) is 0 Å². The molecule has 2 aliphatic rings. The fraction of sp³-hybridized carbons (Fsp3) is 0.667. The second kappa shape index (κ2) is 8.60. The lowest BCUT2D eigenvalue weighted by Crippen LogP contribution is -2.23. The van der Waals surface area contributed by atoms with E-state index in [1.807, 2.05) is 7.11 Å². The highest BCUT2D eigenvalue weighted by atomic mass is 16.5. The molecule has 0 spiro atoms. The van der Waals surface area contributed by atoms with Crippen molar-refractivity contribution in [3.05, 3.63) is 34.8 Å². The number of allylic oxidation sites excluding steroid dienone is 4. The van der Waals surface area contributed by atoms with Crippen LogP contribution in [0.2, 0.25) is 6.82 Å². The lowest BCUT2D eigenvalue weighted by molar-refractivity contribution is 0.139. The van der Waals surface area contributed by atoms with E-state index in [1.165, 1.54) is 50.7 Å². The van der Waals surface area contributed by atoms with E-state index in [2.05, 4.69) is 37.0 Å². The molecule has 0 fully saturated rings. The third-order valence-corrected chi connectivity index (χ3v) is 4.78. The van der Waals surface area contributed by atoms with E-state index in [9.17, 15) is 0 Å². The number of hydrogen-bond donors (Lipinski definition) is 0. The summed E-state index contributed by atoms with van der Waals surface area (Å²) in [5.74, 6) is 0. The van der Waals surface area contributed by atoms with Gasteiger partial charge in [0, 0.05) is 13.7 Å². The van der Waals surface area contributed by atoms with Crippen LogP contribution in [0.15, 0.2) is 34.8 Å². The Bertz CT molecular complexity index is 425. The number of nitrogens with zero attached hydrogens (tertiary/aromatic N) is 1. The van der Waals surface area contributed by atoms with Gasteiger partial charge in [-0.25, -0.2) is 0 Å². The monoisotopic (exact) mass is 287 g/mol. The van der Waals surface area contributed by atoms with Crippen molar-refractivity contribution in [1.82, 2.24) is 4.90 Å². The molecule has 0 radical (unpaired) electrons. The van der Waals surface area contributed by atoms with Gasteiger partial charge in [-0.15, -0.1) is 0 Å². The molecule has 0 bridgehead atoms. The zero-order valence-electron chi connectivity index (χ0n) is 14.0. The van der Waals surface area contributed by atoms with Gasteiger partial charge in [-0.05, 0) is 51.3 Å². The standard InChI is InChI=1S/C18H30BNO/c1-19-17-8-9-18(21-3)14-16-10-12-20(2)11-6-4-5-7-15(16)13-17/h8-9,13,18-19H,4-7,10-12,14H2,1-3H3/b9-8+,16-15-,17-13+. The van der Waals surface area contributed by atoms with E-state index in [4.69, 9.17) is 4.74 Å². The van der Waals surface area contributed by atoms with Crippen molar-refractivity contribution in [3.8, 4) is 0 Å². The fourth-order valence-electron chi connectivity index (χ4n) is 3.25. The van der Waals surface area contributed by atoms with Crippen molar-refractivity contribution in [2.75, 3.05) is 27.2 Å². The van der Waals surface area contributed by atoms with Crippen LogP contribution >= 0.6 is 0 Å². The first-order valence-electron chi connectivity index (χ1n) is 8.54. The minimum Gasteiger partial charge on any atom is -0.377 e. The molecule has 3 heteroatoms. The first-order chi connectivity index (χ1) is 10.2. The molecular weight excluding hydrogens is 257 g/mol. The van der Waals surface area contributed by atoms with E-state index >= 15 is 0 Å². The van der Waals surface area contributed by atoms with Crippen LogP contribution in [-0.2, 0) is 4.74 Å². The highest BCUT2D eigenvalue weighted by molar-refractivity contribution is 6.44. The second-order valence-electron chi connectivity index (χ2n) is 6.40. The molecule has 0 saturated carbocycles. The highest BCUT2D eigenvalue weighted by Crippen LogP contribution is 2.27. The molecule has 0 aromatic carbocycles. The van der Waals surface area contributed by atoms with Crippen LogP contribution in [0.3, 0.4) is 0 Å². The van der Waals surface area contributed by atoms with Crippen LogP contribution < -0.4 is 0 Å². The summed E-state index contributed by atoms with van der Waals surface area (Å²) in [6, 6.07) is 0. The van der Waals surface area contributed by atoms with Gasteiger partial charge in [-0.1, -0.05) is 42.5 Å². The number of methoxy groups -OCH3 is 1. The Kier molecular flexibility index (Phi) is 6.79. The van der Waals surface area contributed by atoms with Crippen LogP contribution in [0.5, 0.6) is 0 Å². The van der Waals surface area contributed by atoms with Gasteiger partial charge in [0.1, 0.15) is 0 Å². The molecular formula is C18H30BNO. The second-order valence-corrected chi connectivity index (χ2v) is 6.40. The molecule has 2 nitrogen and oxygen atoms in total. The van der Waals surface area contributed by atoms with E-state index in [0.717, 1.165) is 13.7 Å². The van der Waals surface area contributed by atoms with Crippen molar-refractivity contribution in [3.63, 3.8) is 0 Å². The Morgan fingerprint density at radius 1 is 1.19 bits per heavy atom. The van der Waals surface area contributed by atoms with Crippen LogP contribution in [0, 0.1) is 0 Å². The van der Waals surface area contributed by atoms with Crippen LogP contribution in [0.4, 0.5) is 0 Å².